The fraction of sp³-hybridized carbons (Fsp3) is 0.222. The van der Waals surface area contributed by atoms with E-state index in [9.17, 15) is 4.79 Å². The molecule has 1 atom stereocenters. The number of carbonyl (C=O) groups is 1. The normalized spacial score (nSPS) is 11.5. The number of halogens is 1. The van der Waals surface area contributed by atoms with E-state index in [2.05, 4.69) is 10.3 Å². The monoisotopic (exact) mass is 225 g/mol. The zero-order valence-electron chi connectivity index (χ0n) is 7.86. The first kappa shape index (κ1) is 11.3. The van der Waals surface area contributed by atoms with Gasteiger partial charge < -0.3 is 10.4 Å². The smallest absolute Gasteiger partial charge is 0.339 e. The molecule has 5 nitrogen and oxygen atoms in total. The molecule has 0 saturated heterocycles. The number of hydrogen-bond donors (Lipinski definition) is 2. The molecule has 1 aromatic heterocycles. The summed E-state index contributed by atoms with van der Waals surface area (Å²) < 4.78 is 0. The Kier molecular flexibility index (Phi) is 3.47. The molecule has 0 bridgehead atoms. The van der Waals surface area contributed by atoms with Crippen LogP contribution >= 0.6 is 11.6 Å². The standard InChI is InChI=1S/C9H8ClN3O2/c1-5(3-11)13-7-2-8(10)12-4-6(7)9(14)15/h2,4-5H,1H3,(H,12,13)(H,14,15)/t5-/m1/s1. The van der Waals surface area contributed by atoms with Crippen LogP contribution in [-0.4, -0.2) is 22.1 Å². The predicted octanol–water partition coefficient (Wildman–Crippen LogP) is 1.76. The van der Waals surface area contributed by atoms with E-state index in [1.54, 1.807) is 6.92 Å². The molecule has 0 spiro atoms. The second kappa shape index (κ2) is 4.62. The third kappa shape index (κ3) is 2.82. The average molecular weight is 226 g/mol. The molecule has 0 fully saturated rings. The minimum absolute atomic E-state index is 0.0125. The Bertz CT molecular complexity index is 428. The topological polar surface area (TPSA) is 86.0 Å². The summed E-state index contributed by atoms with van der Waals surface area (Å²) >= 11 is 5.62. The van der Waals surface area contributed by atoms with Crippen molar-refractivity contribution >= 4 is 23.3 Å². The molecule has 2 N–H and O–H groups in total. The maximum absolute atomic E-state index is 10.8. The third-order valence-corrected chi connectivity index (χ3v) is 1.87. The van der Waals surface area contributed by atoms with Crippen molar-refractivity contribution in [3.63, 3.8) is 0 Å². The molecule has 0 amide bonds. The van der Waals surface area contributed by atoms with Crippen LogP contribution in [0.1, 0.15) is 17.3 Å². The van der Waals surface area contributed by atoms with Gasteiger partial charge in [0.1, 0.15) is 16.8 Å². The molecule has 0 unspecified atom stereocenters. The zero-order valence-corrected chi connectivity index (χ0v) is 8.62. The van der Waals surface area contributed by atoms with E-state index in [0.29, 0.717) is 0 Å². The molecule has 0 aliphatic rings. The lowest BCUT2D eigenvalue weighted by atomic mass is 10.2. The van der Waals surface area contributed by atoms with Crippen molar-refractivity contribution in [2.45, 2.75) is 13.0 Å². The first-order valence-corrected chi connectivity index (χ1v) is 4.47. The lowest BCUT2D eigenvalue weighted by Crippen LogP contribution is -2.15. The molecule has 0 radical (unpaired) electrons. The Hall–Kier alpha value is -1.80. The number of nitriles is 1. The summed E-state index contributed by atoms with van der Waals surface area (Å²) in [5.41, 5.74) is 0.276. The van der Waals surface area contributed by atoms with Crippen LogP contribution < -0.4 is 5.32 Å². The van der Waals surface area contributed by atoms with E-state index in [4.69, 9.17) is 22.0 Å². The minimum Gasteiger partial charge on any atom is -0.478 e. The highest BCUT2D eigenvalue weighted by atomic mass is 35.5. The summed E-state index contributed by atoms with van der Waals surface area (Å²) in [5.74, 6) is -1.12. The van der Waals surface area contributed by atoms with Crippen molar-refractivity contribution in [3.05, 3.63) is 23.0 Å². The molecule has 0 saturated carbocycles. The lowest BCUT2D eigenvalue weighted by Gasteiger charge is -2.10. The minimum atomic E-state index is -1.12. The third-order valence-electron chi connectivity index (χ3n) is 1.67. The first-order valence-electron chi connectivity index (χ1n) is 4.09. The van der Waals surface area contributed by atoms with Gasteiger partial charge in [-0.3, -0.25) is 0 Å². The number of rotatable bonds is 3. The second-order valence-electron chi connectivity index (χ2n) is 2.85. The Morgan fingerprint density at radius 1 is 1.80 bits per heavy atom. The van der Waals surface area contributed by atoms with E-state index in [1.165, 1.54) is 6.07 Å². The number of anilines is 1. The molecule has 1 aromatic rings. The number of carboxylic acids is 1. The van der Waals surface area contributed by atoms with E-state index >= 15 is 0 Å². The van der Waals surface area contributed by atoms with Crippen LogP contribution in [0.15, 0.2) is 12.3 Å². The van der Waals surface area contributed by atoms with Crippen molar-refractivity contribution in [2.24, 2.45) is 0 Å². The largest absolute Gasteiger partial charge is 0.478 e. The van der Waals surface area contributed by atoms with Crippen LogP contribution in [0.4, 0.5) is 5.69 Å². The average Bonchev–Trinajstić information content (AvgIpc) is 2.17. The summed E-state index contributed by atoms with van der Waals surface area (Å²) in [6, 6.07) is 2.81. The maximum atomic E-state index is 10.8. The molecule has 1 heterocycles. The van der Waals surface area contributed by atoms with Gasteiger partial charge in [-0.05, 0) is 13.0 Å². The predicted molar refractivity (Wildman–Crippen MR) is 54.9 cm³/mol. The number of hydrogen-bond acceptors (Lipinski definition) is 4. The van der Waals surface area contributed by atoms with Crippen molar-refractivity contribution in [2.75, 3.05) is 5.32 Å². The summed E-state index contributed by atoms with van der Waals surface area (Å²) in [4.78, 5) is 14.5. The zero-order chi connectivity index (χ0) is 11.4. The van der Waals surface area contributed by atoms with Gasteiger partial charge in [-0.25, -0.2) is 9.78 Å². The van der Waals surface area contributed by atoms with Crippen LogP contribution in [0.25, 0.3) is 0 Å². The molecular formula is C9H8ClN3O2. The fourth-order valence-electron chi connectivity index (χ4n) is 0.985. The number of pyridine rings is 1. The van der Waals surface area contributed by atoms with Gasteiger partial charge in [0.25, 0.3) is 0 Å². The van der Waals surface area contributed by atoms with Crippen LogP contribution in [0.3, 0.4) is 0 Å². The summed E-state index contributed by atoms with van der Waals surface area (Å²) in [6.07, 6.45) is 1.15. The number of aromatic nitrogens is 1. The highest BCUT2D eigenvalue weighted by molar-refractivity contribution is 6.29. The number of carboxylic acid groups (broad SMARTS) is 1. The molecule has 15 heavy (non-hydrogen) atoms. The van der Waals surface area contributed by atoms with Crippen LogP contribution in [0.2, 0.25) is 5.15 Å². The van der Waals surface area contributed by atoms with Gasteiger partial charge in [0.2, 0.25) is 0 Å². The SMILES string of the molecule is C[C@H](C#N)Nc1cc(Cl)ncc1C(=O)O. The molecule has 1 rings (SSSR count). The van der Waals surface area contributed by atoms with E-state index in [-0.39, 0.29) is 16.4 Å². The van der Waals surface area contributed by atoms with Crippen molar-refractivity contribution in [3.8, 4) is 6.07 Å². The maximum Gasteiger partial charge on any atom is 0.339 e. The Morgan fingerprint density at radius 3 is 3.00 bits per heavy atom. The Balaban J connectivity index is 3.08. The van der Waals surface area contributed by atoms with E-state index < -0.39 is 12.0 Å². The summed E-state index contributed by atoms with van der Waals surface area (Å²) in [6.45, 7) is 1.61. The summed E-state index contributed by atoms with van der Waals surface area (Å²) in [5, 5.41) is 20.3. The fourth-order valence-corrected chi connectivity index (χ4v) is 1.14. The second-order valence-corrected chi connectivity index (χ2v) is 3.24. The van der Waals surface area contributed by atoms with Crippen molar-refractivity contribution in [1.29, 1.82) is 5.26 Å². The van der Waals surface area contributed by atoms with Crippen LogP contribution in [-0.2, 0) is 0 Å². The highest BCUT2D eigenvalue weighted by Gasteiger charge is 2.12. The van der Waals surface area contributed by atoms with Gasteiger partial charge in [0.15, 0.2) is 0 Å². The molecule has 0 aliphatic carbocycles. The molecule has 0 aliphatic heterocycles. The van der Waals surface area contributed by atoms with E-state index in [0.717, 1.165) is 6.20 Å². The summed E-state index contributed by atoms with van der Waals surface area (Å²) in [7, 11) is 0. The Labute approximate surface area is 91.3 Å². The number of nitrogens with zero attached hydrogens (tertiary/aromatic N) is 2. The van der Waals surface area contributed by atoms with Gasteiger partial charge in [0.05, 0.1) is 11.8 Å². The van der Waals surface area contributed by atoms with Gasteiger partial charge in [0, 0.05) is 6.20 Å². The van der Waals surface area contributed by atoms with Crippen LogP contribution in [0, 0.1) is 11.3 Å². The lowest BCUT2D eigenvalue weighted by molar-refractivity contribution is 0.0697. The van der Waals surface area contributed by atoms with Gasteiger partial charge in [-0.15, -0.1) is 0 Å². The molecular weight excluding hydrogens is 218 g/mol. The van der Waals surface area contributed by atoms with E-state index in [1.807, 2.05) is 6.07 Å². The quantitative estimate of drug-likeness (QED) is 0.766. The van der Waals surface area contributed by atoms with Crippen molar-refractivity contribution < 1.29 is 9.90 Å². The molecule has 78 valence electrons. The molecule has 6 heteroatoms. The Morgan fingerprint density at radius 2 is 2.47 bits per heavy atom. The first-order chi connectivity index (χ1) is 7.04. The van der Waals surface area contributed by atoms with Gasteiger partial charge >= 0.3 is 5.97 Å². The molecule has 0 aromatic carbocycles. The van der Waals surface area contributed by atoms with Gasteiger partial charge in [-0.2, -0.15) is 5.26 Å². The van der Waals surface area contributed by atoms with Crippen LogP contribution in [0.5, 0.6) is 0 Å². The number of aromatic carboxylic acids is 1. The highest BCUT2D eigenvalue weighted by Crippen LogP contribution is 2.19. The van der Waals surface area contributed by atoms with Gasteiger partial charge in [-0.1, -0.05) is 11.6 Å². The van der Waals surface area contributed by atoms with Crippen molar-refractivity contribution in [1.82, 2.24) is 4.98 Å². The number of nitrogens with one attached hydrogen (secondary N) is 1.